The number of carbonyl (C=O) groups is 8. The SMILES string of the molecule is NCCCC[C@H](N)C(=O)NCC=O.O=C[C@H](Cc1cnc[nH]1)NC(=O)[C@H](Cc1cnc[nH]1)NC(=O)[C@H](Cc1cnc[nH]1)NC(=O)[C@H](Cc1cnc[nH]1)NC(=O)[C@H](Cc1cnc[nH]1)NC(=O)CCc1cnc[nH]1. The number of carbonyl (C=O) groups excluding carboxylic acids is 8. The van der Waals surface area contributed by atoms with Gasteiger partial charge in [0.1, 0.15) is 36.7 Å². The number of rotatable bonds is 30. The maximum absolute atomic E-state index is 14.2. The average Bonchev–Trinajstić information content (AvgIpc) is 4.23. The van der Waals surface area contributed by atoms with Crippen molar-refractivity contribution in [2.75, 3.05) is 13.1 Å². The highest BCUT2D eigenvalue weighted by atomic mass is 16.2. The Balaban J connectivity index is 0.000000649. The molecule has 6 aromatic heterocycles. The number of hydrogen-bond donors (Lipinski definition) is 14. The summed E-state index contributed by atoms with van der Waals surface area (Å²) in [4.78, 5) is 144. The second-order valence-corrected chi connectivity index (χ2v) is 16.3. The van der Waals surface area contributed by atoms with Gasteiger partial charge < -0.3 is 82.9 Å². The Labute approximate surface area is 411 Å². The van der Waals surface area contributed by atoms with Crippen LogP contribution in [0.15, 0.2) is 75.1 Å². The van der Waals surface area contributed by atoms with E-state index in [9.17, 15) is 38.4 Å². The topological polar surface area (TPSA) is 433 Å². The molecule has 6 atom stereocenters. The smallest absolute Gasteiger partial charge is 0.243 e. The maximum atomic E-state index is 14.2. The van der Waals surface area contributed by atoms with Crippen molar-refractivity contribution >= 4 is 48.0 Å². The third-order valence-corrected chi connectivity index (χ3v) is 10.8. The van der Waals surface area contributed by atoms with E-state index >= 15 is 0 Å². The van der Waals surface area contributed by atoms with Crippen LogP contribution in [0.3, 0.4) is 0 Å². The van der Waals surface area contributed by atoms with Crippen LogP contribution in [0.4, 0.5) is 0 Å². The van der Waals surface area contributed by atoms with Gasteiger partial charge in [-0.2, -0.15) is 0 Å². The van der Waals surface area contributed by atoms with E-state index in [2.05, 4.69) is 91.7 Å². The lowest BCUT2D eigenvalue weighted by Crippen LogP contribution is -2.60. The molecule has 384 valence electrons. The van der Waals surface area contributed by atoms with Gasteiger partial charge in [0.05, 0.1) is 56.6 Å². The van der Waals surface area contributed by atoms with Crippen LogP contribution in [0.5, 0.6) is 0 Å². The Hall–Kier alpha value is -8.66. The molecule has 0 saturated carbocycles. The number of nitrogens with two attached hydrogens (primary N) is 2. The van der Waals surface area contributed by atoms with Crippen LogP contribution < -0.4 is 43.4 Å². The van der Waals surface area contributed by atoms with E-state index in [0.29, 0.717) is 60.4 Å². The Bertz CT molecular complexity index is 2510. The molecule has 0 radical (unpaired) electrons. The number of aryl methyl sites for hydroxylation is 1. The second kappa shape index (κ2) is 29.4. The molecule has 6 rings (SSSR count). The van der Waals surface area contributed by atoms with Gasteiger partial charge in [0.15, 0.2) is 0 Å². The van der Waals surface area contributed by atoms with Crippen LogP contribution in [0.1, 0.15) is 59.8 Å². The molecule has 0 fully saturated rings. The number of imidazole rings is 6. The van der Waals surface area contributed by atoms with Crippen LogP contribution in [0.25, 0.3) is 0 Å². The van der Waals surface area contributed by atoms with Crippen LogP contribution in [0, 0.1) is 0 Å². The van der Waals surface area contributed by atoms with E-state index in [0.717, 1.165) is 18.5 Å². The summed E-state index contributed by atoms with van der Waals surface area (Å²) in [6.07, 6.45) is 21.6. The fourth-order valence-electron chi connectivity index (χ4n) is 7.02. The molecule has 0 saturated heterocycles. The third-order valence-electron chi connectivity index (χ3n) is 10.8. The normalized spacial score (nSPS) is 13.4. The minimum Gasteiger partial charge on any atom is -0.348 e. The lowest BCUT2D eigenvalue weighted by atomic mass is 10.0. The summed E-state index contributed by atoms with van der Waals surface area (Å²) < 4.78 is 0. The van der Waals surface area contributed by atoms with Crippen LogP contribution in [-0.2, 0) is 76.9 Å². The number of amides is 6. The summed E-state index contributed by atoms with van der Waals surface area (Å²) in [6.45, 7) is 0.645. The van der Waals surface area contributed by atoms with Gasteiger partial charge in [-0.25, -0.2) is 29.9 Å². The lowest BCUT2D eigenvalue weighted by molar-refractivity contribution is -0.134. The van der Waals surface area contributed by atoms with Gasteiger partial charge in [-0.05, 0) is 25.8 Å². The van der Waals surface area contributed by atoms with E-state index in [1.165, 1.54) is 68.9 Å². The largest absolute Gasteiger partial charge is 0.348 e. The van der Waals surface area contributed by atoms with Crippen molar-refractivity contribution < 1.29 is 38.4 Å². The third kappa shape index (κ3) is 18.7. The van der Waals surface area contributed by atoms with Gasteiger partial charge >= 0.3 is 0 Å². The van der Waals surface area contributed by atoms with Crippen LogP contribution in [-0.4, -0.2) is 157 Å². The van der Waals surface area contributed by atoms with E-state index in [1.807, 2.05) is 0 Å². The Morgan fingerprint density at radius 3 is 1.24 bits per heavy atom. The first kappa shape index (κ1) is 54.3. The molecule has 0 unspecified atom stereocenters. The number of H-pyrrole nitrogens is 6. The van der Waals surface area contributed by atoms with E-state index < -0.39 is 65.8 Å². The quantitative estimate of drug-likeness (QED) is 0.0154. The zero-order chi connectivity index (χ0) is 51.5. The lowest BCUT2D eigenvalue weighted by Gasteiger charge is -2.26. The monoisotopic (exact) mass is 996 g/mol. The molecule has 0 aromatic carbocycles. The van der Waals surface area contributed by atoms with Crippen LogP contribution in [0.2, 0.25) is 0 Å². The summed E-state index contributed by atoms with van der Waals surface area (Å²) in [5.41, 5.74) is 14.2. The second-order valence-electron chi connectivity index (χ2n) is 16.3. The summed E-state index contributed by atoms with van der Waals surface area (Å²) in [5, 5.41) is 16.0. The van der Waals surface area contributed by atoms with Crippen molar-refractivity contribution in [2.45, 2.75) is 100 Å². The van der Waals surface area contributed by atoms with E-state index in [4.69, 9.17) is 11.5 Å². The highest BCUT2D eigenvalue weighted by Gasteiger charge is 2.33. The molecule has 16 N–H and O–H groups in total. The summed E-state index contributed by atoms with van der Waals surface area (Å²) in [6, 6.07) is -6.42. The highest BCUT2D eigenvalue weighted by molar-refractivity contribution is 5.96. The molecule has 0 aliphatic carbocycles. The highest BCUT2D eigenvalue weighted by Crippen LogP contribution is 2.09. The molecular formula is C44H60N20O8. The number of nitrogens with one attached hydrogen (secondary N) is 12. The van der Waals surface area contributed by atoms with Crippen molar-refractivity contribution in [3.8, 4) is 0 Å². The van der Waals surface area contributed by atoms with Crippen molar-refractivity contribution in [1.29, 1.82) is 0 Å². The average molecular weight is 997 g/mol. The van der Waals surface area contributed by atoms with Gasteiger partial charge in [0, 0.05) is 110 Å². The number of unbranched alkanes of at least 4 members (excludes halogenated alkanes) is 1. The zero-order valence-electron chi connectivity index (χ0n) is 39.1. The summed E-state index contributed by atoms with van der Waals surface area (Å²) in [7, 11) is 0. The van der Waals surface area contributed by atoms with Gasteiger partial charge in [-0.1, -0.05) is 6.42 Å². The fourth-order valence-corrected chi connectivity index (χ4v) is 7.02. The van der Waals surface area contributed by atoms with Gasteiger partial charge in [-0.15, -0.1) is 0 Å². The molecule has 28 heteroatoms. The Kier molecular flexibility index (Phi) is 22.2. The number of aromatic nitrogens is 12. The van der Waals surface area contributed by atoms with Crippen molar-refractivity contribution in [3.05, 3.63) is 109 Å². The zero-order valence-corrected chi connectivity index (χ0v) is 39.1. The molecule has 6 heterocycles. The number of aldehydes is 2. The van der Waals surface area contributed by atoms with Gasteiger partial charge in [0.2, 0.25) is 35.4 Å². The predicted octanol–water partition coefficient (Wildman–Crippen LogP) is -3.45. The summed E-state index contributed by atoms with van der Waals surface area (Å²) >= 11 is 0. The minimum absolute atomic E-state index is 0.0253. The van der Waals surface area contributed by atoms with Crippen molar-refractivity contribution in [3.63, 3.8) is 0 Å². The molecule has 0 aliphatic heterocycles. The van der Waals surface area contributed by atoms with E-state index in [-0.39, 0.29) is 51.0 Å². The van der Waals surface area contributed by atoms with Crippen LogP contribution >= 0.6 is 0 Å². The first-order valence-electron chi connectivity index (χ1n) is 22.9. The van der Waals surface area contributed by atoms with Crippen molar-refractivity contribution in [2.24, 2.45) is 11.5 Å². The minimum atomic E-state index is -1.31. The first-order valence-corrected chi connectivity index (χ1v) is 22.9. The fraction of sp³-hybridized carbons (Fsp3) is 0.409. The number of aromatic amines is 6. The molecule has 0 spiro atoms. The Morgan fingerprint density at radius 1 is 0.500 bits per heavy atom. The predicted molar refractivity (Wildman–Crippen MR) is 254 cm³/mol. The molecule has 6 amide bonds. The Morgan fingerprint density at radius 2 is 0.875 bits per heavy atom. The van der Waals surface area contributed by atoms with Crippen molar-refractivity contribution in [1.82, 2.24) is 91.7 Å². The molecule has 0 aliphatic rings. The standard InChI is InChI=1S/C36H43N17O6.C8H17N3O2/c54-14-27(3-22-9-38-16-44-22)49-33(56)29(5-24-11-40-18-46-24)51-35(58)31(7-26-13-42-20-48-26)53-36(59)30(6-25-12-41-19-47-25)52-34(57)28(4-23-10-39-17-45-23)50-32(55)2-1-21-8-37-15-43-21;9-4-2-1-3-7(10)8(13)11-5-6-12/h8-20,27-31H,1-7H2,(H,37,43)(H,38,44)(H,39,45)(H,40,46)(H,41,47)(H,42,48)(H,49,56)(H,50,55)(H,51,58)(H,52,57)(H,53,59);6-7H,1-5,9-10H2,(H,11,13)/t27-,28-,29-,30-,31-;7-/m00/s1. The van der Waals surface area contributed by atoms with Gasteiger partial charge in [-0.3, -0.25) is 28.8 Å². The van der Waals surface area contributed by atoms with Gasteiger partial charge in [0.25, 0.3) is 0 Å². The first-order chi connectivity index (χ1) is 34.9. The number of hydrogen-bond acceptors (Lipinski definition) is 16. The molecule has 0 bridgehead atoms. The molecule has 72 heavy (non-hydrogen) atoms. The number of nitrogens with zero attached hydrogens (tertiary/aromatic N) is 6. The van der Waals surface area contributed by atoms with E-state index in [1.54, 1.807) is 6.20 Å². The molecule has 6 aromatic rings. The molecule has 28 nitrogen and oxygen atoms in total. The summed E-state index contributed by atoms with van der Waals surface area (Å²) in [5.74, 6) is -3.55. The maximum Gasteiger partial charge on any atom is 0.243 e. The molecular weight excluding hydrogens is 937 g/mol.